The lowest BCUT2D eigenvalue weighted by Gasteiger charge is -2.11. The van der Waals surface area contributed by atoms with Crippen LogP contribution in [-0.4, -0.2) is 18.1 Å². The molecule has 2 aromatic heterocycles. The zero-order valence-corrected chi connectivity index (χ0v) is 14.0. The highest BCUT2D eigenvalue weighted by atomic mass is 16.6. The molecular weight excluding hydrogens is 336 g/mol. The topological polar surface area (TPSA) is 105 Å². The number of hydrogen-bond donors (Lipinski definition) is 1. The molecule has 0 aliphatic heterocycles. The van der Waals surface area contributed by atoms with Crippen molar-refractivity contribution in [3.05, 3.63) is 70.0 Å². The van der Waals surface area contributed by atoms with E-state index >= 15 is 0 Å². The molecule has 0 amide bonds. The zero-order chi connectivity index (χ0) is 18.7. The molecule has 3 rings (SSSR count). The fraction of sp³-hybridized carbons (Fsp3) is 0.105. The number of aromatic amines is 1. The number of esters is 1. The first kappa shape index (κ1) is 17.0. The number of benzene rings is 1. The van der Waals surface area contributed by atoms with Gasteiger partial charge in [-0.2, -0.15) is 5.26 Å². The van der Waals surface area contributed by atoms with E-state index in [1.807, 2.05) is 6.07 Å². The van der Waals surface area contributed by atoms with Crippen molar-refractivity contribution in [2.24, 2.45) is 0 Å². The van der Waals surface area contributed by atoms with Gasteiger partial charge in [0, 0.05) is 11.3 Å². The molecule has 1 aromatic carbocycles. The van der Waals surface area contributed by atoms with Crippen LogP contribution in [-0.2, 0) is 0 Å². The van der Waals surface area contributed by atoms with Crippen molar-refractivity contribution in [3.8, 4) is 28.7 Å². The summed E-state index contributed by atoms with van der Waals surface area (Å²) < 4.78 is 15.6. The van der Waals surface area contributed by atoms with Crippen molar-refractivity contribution in [1.82, 2.24) is 4.98 Å². The highest BCUT2D eigenvalue weighted by molar-refractivity contribution is 5.88. The molecule has 0 bridgehead atoms. The molecule has 7 heteroatoms. The number of nitrogens with zero attached hydrogens (tertiary/aromatic N) is 1. The summed E-state index contributed by atoms with van der Waals surface area (Å²) in [7, 11) is 1.43. The molecule has 130 valence electrons. The van der Waals surface area contributed by atoms with Crippen LogP contribution in [0.15, 0.2) is 51.9 Å². The number of pyridine rings is 1. The predicted molar refractivity (Wildman–Crippen MR) is 92.2 cm³/mol. The second-order valence-corrected chi connectivity index (χ2v) is 5.41. The third kappa shape index (κ3) is 3.21. The Bertz CT molecular complexity index is 1060. The van der Waals surface area contributed by atoms with Crippen LogP contribution in [0.5, 0.6) is 11.5 Å². The number of aromatic nitrogens is 1. The van der Waals surface area contributed by atoms with Gasteiger partial charge in [0.1, 0.15) is 11.6 Å². The Balaban J connectivity index is 2.02. The minimum Gasteiger partial charge on any atom is -0.493 e. The van der Waals surface area contributed by atoms with E-state index < -0.39 is 11.5 Å². The molecule has 0 atom stereocenters. The first-order valence-corrected chi connectivity index (χ1v) is 7.61. The van der Waals surface area contributed by atoms with E-state index in [2.05, 4.69) is 4.98 Å². The fourth-order valence-electron chi connectivity index (χ4n) is 2.49. The van der Waals surface area contributed by atoms with Crippen molar-refractivity contribution < 1.29 is 18.7 Å². The van der Waals surface area contributed by atoms with Gasteiger partial charge < -0.3 is 18.9 Å². The number of aryl methyl sites for hydroxylation is 1. The number of carbonyl (C=O) groups is 1. The Hall–Kier alpha value is -3.79. The molecule has 0 saturated heterocycles. The number of rotatable bonds is 4. The zero-order valence-electron chi connectivity index (χ0n) is 14.0. The monoisotopic (exact) mass is 350 g/mol. The van der Waals surface area contributed by atoms with Gasteiger partial charge in [-0.05, 0) is 42.8 Å². The number of carbonyl (C=O) groups excluding carboxylic acids is 1. The summed E-state index contributed by atoms with van der Waals surface area (Å²) in [6, 6.07) is 11.4. The molecule has 0 saturated carbocycles. The number of ether oxygens (including phenoxy) is 2. The van der Waals surface area contributed by atoms with Crippen molar-refractivity contribution >= 4 is 5.97 Å². The normalized spacial score (nSPS) is 10.2. The van der Waals surface area contributed by atoms with Crippen molar-refractivity contribution in [3.63, 3.8) is 0 Å². The molecular formula is C19H14N2O5. The standard InChI is InChI=1S/C19H14N2O5/c1-11-8-13(14(10-20)18(22)21-11)12-5-6-15(17(9-12)24-2)26-19(23)16-4-3-7-25-16/h3-9H,1-2H3,(H,21,22). The molecule has 3 aromatic rings. The summed E-state index contributed by atoms with van der Waals surface area (Å²) >= 11 is 0. The maximum atomic E-state index is 12.0. The van der Waals surface area contributed by atoms with E-state index in [9.17, 15) is 14.9 Å². The van der Waals surface area contributed by atoms with Crippen LogP contribution < -0.4 is 15.0 Å². The maximum absolute atomic E-state index is 12.0. The number of furan rings is 1. The van der Waals surface area contributed by atoms with Gasteiger partial charge in [-0.15, -0.1) is 0 Å². The van der Waals surface area contributed by atoms with Crippen LogP contribution in [0.25, 0.3) is 11.1 Å². The van der Waals surface area contributed by atoms with E-state index in [0.29, 0.717) is 16.8 Å². The summed E-state index contributed by atoms with van der Waals surface area (Å²) in [6.07, 6.45) is 1.37. The Morgan fingerprint density at radius 2 is 2.04 bits per heavy atom. The SMILES string of the molecule is COc1cc(-c2cc(C)[nH]c(=O)c2C#N)ccc1OC(=O)c1ccco1. The summed E-state index contributed by atoms with van der Waals surface area (Å²) in [6.45, 7) is 1.72. The quantitative estimate of drug-likeness (QED) is 0.573. The minimum atomic E-state index is -0.661. The highest BCUT2D eigenvalue weighted by Crippen LogP contribution is 2.33. The van der Waals surface area contributed by atoms with Crippen LogP contribution in [0.1, 0.15) is 21.8 Å². The van der Waals surface area contributed by atoms with Crippen LogP contribution in [0.2, 0.25) is 0 Å². The molecule has 0 fully saturated rings. The smallest absolute Gasteiger partial charge is 0.379 e. The summed E-state index contributed by atoms with van der Waals surface area (Å²) in [4.78, 5) is 26.6. The van der Waals surface area contributed by atoms with Crippen LogP contribution in [0.3, 0.4) is 0 Å². The Kier molecular flexibility index (Phi) is 4.58. The van der Waals surface area contributed by atoms with Crippen LogP contribution >= 0.6 is 0 Å². The number of methoxy groups -OCH3 is 1. The molecule has 2 heterocycles. The summed E-state index contributed by atoms with van der Waals surface area (Å²) in [5, 5.41) is 9.28. The van der Waals surface area contributed by atoms with Gasteiger partial charge in [-0.1, -0.05) is 6.07 Å². The van der Waals surface area contributed by atoms with Crippen molar-refractivity contribution in [2.45, 2.75) is 6.92 Å². The van der Waals surface area contributed by atoms with Gasteiger partial charge in [-0.25, -0.2) is 4.79 Å². The van der Waals surface area contributed by atoms with Gasteiger partial charge in [0.2, 0.25) is 5.76 Å². The van der Waals surface area contributed by atoms with E-state index in [4.69, 9.17) is 13.9 Å². The average molecular weight is 350 g/mol. The average Bonchev–Trinajstić information content (AvgIpc) is 3.16. The third-order valence-electron chi connectivity index (χ3n) is 3.68. The van der Waals surface area contributed by atoms with E-state index in [0.717, 1.165) is 0 Å². The lowest BCUT2D eigenvalue weighted by atomic mass is 10.0. The minimum absolute atomic E-state index is 0.00187. The molecule has 0 aliphatic carbocycles. The maximum Gasteiger partial charge on any atom is 0.379 e. The van der Waals surface area contributed by atoms with E-state index in [1.54, 1.807) is 31.2 Å². The van der Waals surface area contributed by atoms with Gasteiger partial charge in [0.25, 0.3) is 5.56 Å². The van der Waals surface area contributed by atoms with Gasteiger partial charge in [0.05, 0.1) is 13.4 Å². The second-order valence-electron chi connectivity index (χ2n) is 5.41. The Morgan fingerprint density at radius 3 is 2.69 bits per heavy atom. The summed E-state index contributed by atoms with van der Waals surface area (Å²) in [5.41, 5.74) is 1.21. The Labute approximate surface area is 148 Å². The molecule has 0 radical (unpaired) electrons. The fourth-order valence-corrected chi connectivity index (χ4v) is 2.49. The molecule has 7 nitrogen and oxygen atoms in total. The van der Waals surface area contributed by atoms with E-state index in [-0.39, 0.29) is 22.8 Å². The number of nitriles is 1. The molecule has 0 unspecified atom stereocenters. The van der Waals surface area contributed by atoms with Gasteiger partial charge >= 0.3 is 5.97 Å². The predicted octanol–water partition coefficient (Wildman–Crippen LogP) is 3.04. The largest absolute Gasteiger partial charge is 0.493 e. The van der Waals surface area contributed by atoms with Gasteiger partial charge in [0.15, 0.2) is 11.5 Å². The van der Waals surface area contributed by atoms with Crippen molar-refractivity contribution in [2.75, 3.05) is 7.11 Å². The lowest BCUT2D eigenvalue weighted by Crippen LogP contribution is -2.12. The molecule has 0 spiro atoms. The highest BCUT2D eigenvalue weighted by Gasteiger charge is 2.17. The first-order chi connectivity index (χ1) is 12.5. The number of H-pyrrole nitrogens is 1. The first-order valence-electron chi connectivity index (χ1n) is 7.61. The van der Waals surface area contributed by atoms with Crippen LogP contribution in [0.4, 0.5) is 0 Å². The molecule has 26 heavy (non-hydrogen) atoms. The van der Waals surface area contributed by atoms with Crippen LogP contribution in [0, 0.1) is 18.3 Å². The van der Waals surface area contributed by atoms with E-state index in [1.165, 1.54) is 25.5 Å². The molecule has 0 aliphatic rings. The molecule has 1 N–H and O–H groups in total. The number of nitrogens with one attached hydrogen (secondary N) is 1. The second kappa shape index (κ2) is 6.99. The summed E-state index contributed by atoms with van der Waals surface area (Å²) in [5.74, 6) is -0.124. The Morgan fingerprint density at radius 1 is 1.23 bits per heavy atom. The third-order valence-corrected chi connectivity index (χ3v) is 3.68. The lowest BCUT2D eigenvalue weighted by molar-refractivity contribution is 0.0696. The number of hydrogen-bond acceptors (Lipinski definition) is 6. The van der Waals surface area contributed by atoms with Crippen molar-refractivity contribution in [1.29, 1.82) is 5.26 Å². The van der Waals surface area contributed by atoms with Gasteiger partial charge in [-0.3, -0.25) is 4.79 Å².